The van der Waals surface area contributed by atoms with E-state index in [1.54, 1.807) is 0 Å². The van der Waals surface area contributed by atoms with E-state index in [-0.39, 0.29) is 5.91 Å². The van der Waals surface area contributed by atoms with Gasteiger partial charge in [0.05, 0.1) is 0 Å². The molecule has 0 aliphatic carbocycles. The third-order valence-electron chi connectivity index (χ3n) is 3.67. The van der Waals surface area contributed by atoms with Crippen LogP contribution in [0.15, 0.2) is 28.7 Å². The molecule has 4 heteroatoms. The van der Waals surface area contributed by atoms with Gasteiger partial charge in [0.1, 0.15) is 5.58 Å². The maximum absolute atomic E-state index is 12.3. The highest BCUT2D eigenvalue weighted by Crippen LogP contribution is 2.24. The van der Waals surface area contributed by atoms with E-state index in [0.29, 0.717) is 5.76 Å². The first kappa shape index (κ1) is 12.2. The van der Waals surface area contributed by atoms with E-state index < -0.39 is 0 Å². The third-order valence-corrected chi connectivity index (χ3v) is 3.67. The Balaban J connectivity index is 1.83. The van der Waals surface area contributed by atoms with Crippen molar-refractivity contribution in [1.82, 2.24) is 10.4 Å². The molecule has 2 aromatic rings. The van der Waals surface area contributed by atoms with Gasteiger partial charge in [-0.3, -0.25) is 10.2 Å². The first-order chi connectivity index (χ1) is 9.25. The van der Waals surface area contributed by atoms with Gasteiger partial charge < -0.3 is 4.42 Å². The lowest BCUT2D eigenvalue weighted by Gasteiger charge is -2.26. The van der Waals surface area contributed by atoms with Crippen LogP contribution in [0.5, 0.6) is 0 Å². The number of carbonyl (C=O) groups excluding carboxylic acids is 1. The topological polar surface area (TPSA) is 45.5 Å². The molecule has 0 spiro atoms. The van der Waals surface area contributed by atoms with E-state index in [0.717, 1.165) is 42.5 Å². The van der Waals surface area contributed by atoms with Gasteiger partial charge in [0, 0.05) is 24.0 Å². The molecule has 0 atom stereocenters. The molecule has 1 saturated heterocycles. The van der Waals surface area contributed by atoms with Gasteiger partial charge >= 0.3 is 5.91 Å². The number of hydrazine groups is 1. The van der Waals surface area contributed by atoms with Gasteiger partial charge in [0.15, 0.2) is 5.76 Å². The van der Waals surface area contributed by atoms with Gasteiger partial charge in [-0.2, -0.15) is 0 Å². The number of piperidine rings is 1. The highest BCUT2D eigenvalue weighted by atomic mass is 16.3. The number of hydrogen-bond acceptors (Lipinski definition) is 3. The van der Waals surface area contributed by atoms with Crippen molar-refractivity contribution in [3.63, 3.8) is 0 Å². The van der Waals surface area contributed by atoms with Crippen molar-refractivity contribution in [2.45, 2.75) is 26.2 Å². The van der Waals surface area contributed by atoms with Crippen molar-refractivity contribution in [3.8, 4) is 0 Å². The lowest BCUT2D eigenvalue weighted by Crippen LogP contribution is -2.45. The fourth-order valence-electron chi connectivity index (χ4n) is 2.59. The van der Waals surface area contributed by atoms with Crippen molar-refractivity contribution >= 4 is 16.9 Å². The first-order valence-electron chi connectivity index (χ1n) is 6.80. The SMILES string of the molecule is Cc1c(C(=O)NN2CCCCC2)oc2ccccc12. The number of aryl methyl sites for hydroxylation is 1. The molecule has 100 valence electrons. The average Bonchev–Trinajstić information content (AvgIpc) is 2.78. The van der Waals surface area contributed by atoms with Crippen LogP contribution in [0.1, 0.15) is 35.4 Å². The summed E-state index contributed by atoms with van der Waals surface area (Å²) in [6, 6.07) is 7.74. The van der Waals surface area contributed by atoms with Crippen LogP contribution in [0.3, 0.4) is 0 Å². The summed E-state index contributed by atoms with van der Waals surface area (Å²) in [6.07, 6.45) is 3.52. The highest BCUT2D eigenvalue weighted by molar-refractivity contribution is 5.98. The van der Waals surface area contributed by atoms with E-state index >= 15 is 0 Å². The molecule has 1 aliphatic heterocycles. The molecule has 1 fully saturated rings. The minimum Gasteiger partial charge on any atom is -0.451 e. The molecule has 1 amide bonds. The second-order valence-corrected chi connectivity index (χ2v) is 5.04. The molecule has 4 nitrogen and oxygen atoms in total. The van der Waals surface area contributed by atoms with Crippen LogP contribution in [0, 0.1) is 6.92 Å². The van der Waals surface area contributed by atoms with Gasteiger partial charge in [-0.05, 0) is 25.8 Å². The zero-order valence-corrected chi connectivity index (χ0v) is 11.1. The number of furan rings is 1. The standard InChI is InChI=1S/C15H18N2O2/c1-11-12-7-3-4-8-13(12)19-14(11)15(18)16-17-9-5-2-6-10-17/h3-4,7-8H,2,5-6,9-10H2,1H3,(H,16,18). The van der Waals surface area contributed by atoms with Crippen LogP contribution in [-0.2, 0) is 0 Å². The molecule has 1 aromatic heterocycles. The Morgan fingerprint density at radius 3 is 2.68 bits per heavy atom. The lowest BCUT2D eigenvalue weighted by molar-refractivity contribution is 0.0722. The Morgan fingerprint density at radius 1 is 1.21 bits per heavy atom. The fourth-order valence-corrected chi connectivity index (χ4v) is 2.59. The number of hydrogen-bond donors (Lipinski definition) is 1. The summed E-state index contributed by atoms with van der Waals surface area (Å²) < 4.78 is 5.66. The van der Waals surface area contributed by atoms with E-state index in [1.807, 2.05) is 36.2 Å². The summed E-state index contributed by atoms with van der Waals surface area (Å²) in [5, 5.41) is 2.99. The second kappa shape index (κ2) is 5.05. The van der Waals surface area contributed by atoms with Crippen LogP contribution >= 0.6 is 0 Å². The summed E-state index contributed by atoms with van der Waals surface area (Å²) in [6.45, 7) is 3.77. The smallest absolute Gasteiger partial charge is 0.301 e. The van der Waals surface area contributed by atoms with Crippen LogP contribution in [0.2, 0.25) is 0 Å². The molecule has 0 unspecified atom stereocenters. The molecule has 1 aliphatic rings. The Hall–Kier alpha value is -1.81. The largest absolute Gasteiger partial charge is 0.451 e. The van der Waals surface area contributed by atoms with Gasteiger partial charge in [-0.1, -0.05) is 24.6 Å². The second-order valence-electron chi connectivity index (χ2n) is 5.04. The summed E-state index contributed by atoms with van der Waals surface area (Å²) in [5.41, 5.74) is 4.61. The predicted molar refractivity (Wildman–Crippen MR) is 73.8 cm³/mol. The summed E-state index contributed by atoms with van der Waals surface area (Å²) in [5.74, 6) is 0.280. The number of nitrogens with one attached hydrogen (secondary N) is 1. The summed E-state index contributed by atoms with van der Waals surface area (Å²) in [4.78, 5) is 12.3. The number of para-hydroxylation sites is 1. The Kier molecular flexibility index (Phi) is 3.25. The van der Waals surface area contributed by atoms with Crippen LogP contribution < -0.4 is 5.43 Å². The van der Waals surface area contributed by atoms with Gasteiger partial charge in [-0.25, -0.2) is 5.01 Å². The Bertz CT molecular complexity index is 597. The Labute approximate surface area is 112 Å². The van der Waals surface area contributed by atoms with Gasteiger partial charge in [-0.15, -0.1) is 0 Å². The number of nitrogens with zero attached hydrogens (tertiary/aromatic N) is 1. The van der Waals surface area contributed by atoms with Crippen molar-refractivity contribution in [2.24, 2.45) is 0 Å². The van der Waals surface area contributed by atoms with Gasteiger partial charge in [0.2, 0.25) is 0 Å². The van der Waals surface area contributed by atoms with Crippen molar-refractivity contribution < 1.29 is 9.21 Å². The molecule has 3 rings (SSSR count). The lowest BCUT2D eigenvalue weighted by atomic mass is 10.1. The predicted octanol–water partition coefficient (Wildman–Crippen LogP) is 2.87. The van der Waals surface area contributed by atoms with Crippen molar-refractivity contribution in [1.29, 1.82) is 0 Å². The van der Waals surface area contributed by atoms with Crippen molar-refractivity contribution in [2.75, 3.05) is 13.1 Å². The molecule has 19 heavy (non-hydrogen) atoms. The number of fused-ring (bicyclic) bond motifs is 1. The number of benzene rings is 1. The molecule has 0 bridgehead atoms. The fraction of sp³-hybridized carbons (Fsp3) is 0.400. The normalized spacial score (nSPS) is 16.7. The molecular weight excluding hydrogens is 240 g/mol. The molecule has 0 radical (unpaired) electrons. The maximum Gasteiger partial charge on any atom is 0.301 e. The maximum atomic E-state index is 12.3. The summed E-state index contributed by atoms with van der Waals surface area (Å²) in [7, 11) is 0. The monoisotopic (exact) mass is 258 g/mol. The van der Waals surface area contributed by atoms with E-state index in [4.69, 9.17) is 4.42 Å². The molecule has 0 saturated carbocycles. The Morgan fingerprint density at radius 2 is 1.95 bits per heavy atom. The van der Waals surface area contributed by atoms with Crippen molar-refractivity contribution in [3.05, 3.63) is 35.6 Å². The third kappa shape index (κ3) is 2.36. The average molecular weight is 258 g/mol. The minimum absolute atomic E-state index is 0.143. The highest BCUT2D eigenvalue weighted by Gasteiger charge is 2.20. The van der Waals surface area contributed by atoms with Crippen LogP contribution in [0.25, 0.3) is 11.0 Å². The van der Waals surface area contributed by atoms with E-state index in [1.165, 1.54) is 6.42 Å². The molecule has 1 N–H and O–H groups in total. The molecular formula is C15H18N2O2. The first-order valence-corrected chi connectivity index (χ1v) is 6.80. The van der Waals surface area contributed by atoms with E-state index in [2.05, 4.69) is 5.43 Å². The van der Waals surface area contributed by atoms with Crippen LogP contribution in [0.4, 0.5) is 0 Å². The number of amides is 1. The van der Waals surface area contributed by atoms with Crippen LogP contribution in [-0.4, -0.2) is 24.0 Å². The summed E-state index contributed by atoms with van der Waals surface area (Å²) >= 11 is 0. The number of carbonyl (C=O) groups is 1. The molecule has 2 heterocycles. The van der Waals surface area contributed by atoms with E-state index in [9.17, 15) is 4.79 Å². The zero-order valence-electron chi connectivity index (χ0n) is 11.1. The quantitative estimate of drug-likeness (QED) is 0.901. The zero-order chi connectivity index (χ0) is 13.2. The minimum atomic E-state index is -0.143. The molecule has 1 aromatic carbocycles. The number of rotatable bonds is 2. The van der Waals surface area contributed by atoms with Gasteiger partial charge in [0.25, 0.3) is 0 Å².